The minimum atomic E-state index is -0.469. The number of anilines is 1. The molecule has 0 radical (unpaired) electrons. The summed E-state index contributed by atoms with van der Waals surface area (Å²) in [7, 11) is 0. The van der Waals surface area contributed by atoms with Gasteiger partial charge in [0, 0.05) is 38.6 Å². The Labute approximate surface area is 145 Å². The van der Waals surface area contributed by atoms with Crippen molar-refractivity contribution in [3.8, 4) is 0 Å². The summed E-state index contributed by atoms with van der Waals surface area (Å²) >= 11 is 0. The lowest BCUT2D eigenvalue weighted by Crippen LogP contribution is -2.40. The molecule has 0 unspecified atom stereocenters. The Balaban J connectivity index is 1.75. The van der Waals surface area contributed by atoms with E-state index in [0.717, 1.165) is 19.6 Å². The standard InChI is InChI=1S/C17H21N5O3/c1-13-4-6-22(8-7-21-9-11-25-12-10-21)17(24)15(13)16(23)19-14-3-2-5-18-20-14/h2-6H,7-12H2,1H3,(H,19,20,23). The number of amides is 1. The van der Waals surface area contributed by atoms with E-state index in [4.69, 9.17) is 4.74 Å². The zero-order chi connectivity index (χ0) is 17.6. The molecule has 8 nitrogen and oxygen atoms in total. The van der Waals surface area contributed by atoms with Gasteiger partial charge in [0.25, 0.3) is 11.5 Å². The van der Waals surface area contributed by atoms with Gasteiger partial charge >= 0.3 is 0 Å². The summed E-state index contributed by atoms with van der Waals surface area (Å²) in [6.07, 6.45) is 3.25. The maximum atomic E-state index is 12.7. The van der Waals surface area contributed by atoms with Crippen LogP contribution >= 0.6 is 0 Å². The summed E-state index contributed by atoms with van der Waals surface area (Å²) in [6, 6.07) is 5.08. The zero-order valence-corrected chi connectivity index (χ0v) is 14.1. The monoisotopic (exact) mass is 343 g/mol. The second kappa shape index (κ2) is 8.00. The topological polar surface area (TPSA) is 89.4 Å². The number of nitrogens with one attached hydrogen (secondary N) is 1. The average Bonchev–Trinajstić information content (AvgIpc) is 2.63. The Bertz CT molecular complexity index is 785. The summed E-state index contributed by atoms with van der Waals surface area (Å²) < 4.78 is 6.90. The van der Waals surface area contributed by atoms with Crippen molar-refractivity contribution >= 4 is 11.7 Å². The predicted octanol–water partition coefficient (Wildman–Crippen LogP) is 0.531. The zero-order valence-electron chi connectivity index (χ0n) is 14.1. The van der Waals surface area contributed by atoms with Gasteiger partial charge in [-0.15, -0.1) is 5.10 Å². The molecule has 8 heteroatoms. The normalized spacial score (nSPS) is 15.1. The van der Waals surface area contributed by atoms with E-state index in [1.807, 2.05) is 0 Å². The van der Waals surface area contributed by atoms with Crippen molar-refractivity contribution in [2.24, 2.45) is 0 Å². The lowest BCUT2D eigenvalue weighted by molar-refractivity contribution is 0.0363. The van der Waals surface area contributed by atoms with Crippen LogP contribution in [-0.2, 0) is 11.3 Å². The number of hydrogen-bond acceptors (Lipinski definition) is 6. The molecule has 0 spiro atoms. The molecule has 132 valence electrons. The van der Waals surface area contributed by atoms with Crippen LogP contribution in [0.3, 0.4) is 0 Å². The Morgan fingerprint density at radius 3 is 2.80 bits per heavy atom. The molecule has 1 fully saturated rings. The van der Waals surface area contributed by atoms with Crippen molar-refractivity contribution in [2.45, 2.75) is 13.5 Å². The van der Waals surface area contributed by atoms with E-state index in [2.05, 4.69) is 20.4 Å². The van der Waals surface area contributed by atoms with Gasteiger partial charge in [0.1, 0.15) is 5.56 Å². The summed E-state index contributed by atoms with van der Waals surface area (Å²) in [5.74, 6) is -0.154. The first-order valence-corrected chi connectivity index (χ1v) is 8.24. The van der Waals surface area contributed by atoms with Gasteiger partial charge in [0.2, 0.25) is 0 Å². The number of pyridine rings is 1. The van der Waals surface area contributed by atoms with Crippen molar-refractivity contribution in [2.75, 3.05) is 38.2 Å². The molecule has 1 N–H and O–H groups in total. The van der Waals surface area contributed by atoms with E-state index in [1.165, 1.54) is 6.20 Å². The minimum Gasteiger partial charge on any atom is -0.379 e. The fourth-order valence-electron chi connectivity index (χ4n) is 2.74. The van der Waals surface area contributed by atoms with Crippen LogP contribution in [0.15, 0.2) is 35.4 Å². The minimum absolute atomic E-state index is 0.134. The number of carbonyl (C=O) groups is 1. The van der Waals surface area contributed by atoms with Crippen LogP contribution < -0.4 is 10.9 Å². The molecule has 1 aliphatic rings. The molecule has 1 aliphatic heterocycles. The first-order chi connectivity index (χ1) is 12.1. The lowest BCUT2D eigenvalue weighted by atomic mass is 10.1. The van der Waals surface area contributed by atoms with Gasteiger partial charge in [-0.05, 0) is 30.7 Å². The van der Waals surface area contributed by atoms with Crippen LogP contribution in [0.5, 0.6) is 0 Å². The molecule has 0 aromatic carbocycles. The van der Waals surface area contributed by atoms with E-state index in [9.17, 15) is 9.59 Å². The molecule has 0 atom stereocenters. The third kappa shape index (κ3) is 4.28. The highest BCUT2D eigenvalue weighted by Gasteiger charge is 2.17. The van der Waals surface area contributed by atoms with E-state index < -0.39 is 5.91 Å². The first kappa shape index (κ1) is 17.2. The van der Waals surface area contributed by atoms with Crippen molar-refractivity contribution < 1.29 is 9.53 Å². The van der Waals surface area contributed by atoms with Gasteiger partial charge in [-0.25, -0.2) is 0 Å². The van der Waals surface area contributed by atoms with Crippen LogP contribution in [0.4, 0.5) is 5.82 Å². The highest BCUT2D eigenvalue weighted by atomic mass is 16.5. The van der Waals surface area contributed by atoms with Crippen LogP contribution in [0.1, 0.15) is 15.9 Å². The maximum absolute atomic E-state index is 12.7. The van der Waals surface area contributed by atoms with Gasteiger partial charge in [0.15, 0.2) is 5.82 Å². The molecule has 2 aromatic rings. The number of aromatic nitrogens is 3. The Morgan fingerprint density at radius 2 is 2.08 bits per heavy atom. The maximum Gasteiger partial charge on any atom is 0.263 e. The van der Waals surface area contributed by atoms with E-state index in [0.29, 0.717) is 31.1 Å². The molecule has 2 aromatic heterocycles. The molecule has 3 heterocycles. The fourth-order valence-corrected chi connectivity index (χ4v) is 2.74. The van der Waals surface area contributed by atoms with E-state index >= 15 is 0 Å². The second-order valence-corrected chi connectivity index (χ2v) is 5.89. The van der Waals surface area contributed by atoms with Gasteiger partial charge in [0.05, 0.1) is 13.2 Å². The number of hydrogen-bond donors (Lipinski definition) is 1. The molecule has 3 rings (SSSR count). The molecule has 25 heavy (non-hydrogen) atoms. The number of carbonyl (C=O) groups excluding carboxylic acids is 1. The largest absolute Gasteiger partial charge is 0.379 e. The number of ether oxygens (including phenoxy) is 1. The summed E-state index contributed by atoms with van der Waals surface area (Å²) in [5.41, 5.74) is 0.471. The molecule has 1 saturated heterocycles. The van der Waals surface area contributed by atoms with Crippen molar-refractivity contribution in [3.05, 3.63) is 52.1 Å². The average molecular weight is 343 g/mol. The second-order valence-electron chi connectivity index (χ2n) is 5.89. The molecule has 0 saturated carbocycles. The van der Waals surface area contributed by atoms with Crippen LogP contribution in [0.25, 0.3) is 0 Å². The number of rotatable bonds is 5. The molecule has 1 amide bonds. The third-order valence-corrected chi connectivity index (χ3v) is 4.18. The number of aryl methyl sites for hydroxylation is 1. The molecular weight excluding hydrogens is 322 g/mol. The Kier molecular flexibility index (Phi) is 5.52. The lowest BCUT2D eigenvalue weighted by Gasteiger charge is -2.26. The van der Waals surface area contributed by atoms with Crippen LogP contribution in [-0.4, -0.2) is 58.4 Å². The molecular formula is C17H21N5O3. The van der Waals surface area contributed by atoms with Crippen molar-refractivity contribution in [1.82, 2.24) is 19.7 Å². The van der Waals surface area contributed by atoms with E-state index in [1.54, 1.807) is 35.9 Å². The van der Waals surface area contributed by atoms with Gasteiger partial charge in [-0.1, -0.05) is 0 Å². The highest BCUT2D eigenvalue weighted by Crippen LogP contribution is 2.07. The summed E-state index contributed by atoms with van der Waals surface area (Å²) in [6.45, 7) is 6.19. The van der Waals surface area contributed by atoms with Gasteiger partial charge in [-0.3, -0.25) is 14.5 Å². The Hall–Kier alpha value is -2.58. The third-order valence-electron chi connectivity index (χ3n) is 4.18. The quantitative estimate of drug-likeness (QED) is 0.852. The van der Waals surface area contributed by atoms with Crippen molar-refractivity contribution in [1.29, 1.82) is 0 Å². The van der Waals surface area contributed by atoms with E-state index in [-0.39, 0.29) is 11.1 Å². The van der Waals surface area contributed by atoms with Gasteiger partial charge in [-0.2, -0.15) is 5.10 Å². The van der Waals surface area contributed by atoms with Crippen LogP contribution in [0.2, 0.25) is 0 Å². The van der Waals surface area contributed by atoms with Crippen LogP contribution in [0, 0.1) is 6.92 Å². The predicted molar refractivity (Wildman–Crippen MR) is 92.7 cm³/mol. The summed E-state index contributed by atoms with van der Waals surface area (Å²) in [5, 5.41) is 10.1. The molecule has 0 aliphatic carbocycles. The number of nitrogens with zero attached hydrogens (tertiary/aromatic N) is 4. The summed E-state index contributed by atoms with van der Waals surface area (Å²) in [4.78, 5) is 27.5. The smallest absolute Gasteiger partial charge is 0.263 e. The first-order valence-electron chi connectivity index (χ1n) is 8.24. The Morgan fingerprint density at radius 1 is 1.28 bits per heavy atom. The van der Waals surface area contributed by atoms with Gasteiger partial charge < -0.3 is 14.6 Å². The molecule has 0 bridgehead atoms. The highest BCUT2D eigenvalue weighted by molar-refractivity contribution is 6.04. The SMILES string of the molecule is Cc1ccn(CCN2CCOCC2)c(=O)c1C(=O)Nc1cccnn1. The fraction of sp³-hybridized carbons (Fsp3) is 0.412. The number of morpholine rings is 1. The van der Waals surface area contributed by atoms with Crippen molar-refractivity contribution in [3.63, 3.8) is 0 Å².